The van der Waals surface area contributed by atoms with Crippen LogP contribution in [0.4, 0.5) is 0 Å². The predicted molar refractivity (Wildman–Crippen MR) is 64.5 cm³/mol. The zero-order chi connectivity index (χ0) is 13.0. The van der Waals surface area contributed by atoms with Gasteiger partial charge < -0.3 is 4.74 Å². The molecule has 0 aromatic carbocycles. The zero-order valence-electron chi connectivity index (χ0n) is 10.2. The Bertz CT molecular complexity index is 515. The van der Waals surface area contributed by atoms with Crippen molar-refractivity contribution >= 4 is 0 Å². The van der Waals surface area contributed by atoms with E-state index in [0.29, 0.717) is 17.3 Å². The third kappa shape index (κ3) is 2.41. The van der Waals surface area contributed by atoms with E-state index in [4.69, 9.17) is 10.6 Å². The molecule has 0 amide bonds. The Kier molecular flexibility index (Phi) is 3.75. The van der Waals surface area contributed by atoms with Crippen molar-refractivity contribution in [2.45, 2.75) is 13.0 Å². The van der Waals surface area contributed by atoms with Gasteiger partial charge in [-0.05, 0) is 6.92 Å². The van der Waals surface area contributed by atoms with E-state index in [2.05, 4.69) is 25.4 Å². The van der Waals surface area contributed by atoms with Gasteiger partial charge in [0.1, 0.15) is 11.7 Å². The molecule has 0 aliphatic heterocycles. The minimum Gasteiger partial charge on any atom is -0.480 e. The number of methoxy groups -OCH3 is 1. The first-order valence-electron chi connectivity index (χ1n) is 5.35. The van der Waals surface area contributed by atoms with Gasteiger partial charge in [0, 0.05) is 18.6 Å². The van der Waals surface area contributed by atoms with Gasteiger partial charge in [0.2, 0.25) is 5.88 Å². The molecule has 7 nitrogen and oxygen atoms in total. The second kappa shape index (κ2) is 5.48. The van der Waals surface area contributed by atoms with Crippen LogP contribution >= 0.6 is 0 Å². The maximum Gasteiger partial charge on any atom is 0.237 e. The van der Waals surface area contributed by atoms with E-state index >= 15 is 0 Å². The Labute approximate surface area is 104 Å². The maximum absolute atomic E-state index is 5.56. The number of nitrogens with zero attached hydrogens (tertiary/aromatic N) is 4. The standard InChI is InChI=1S/C11H14N6O/c1-7-5-16-8(6-15-7)9(17-12)10-11(18-2)14-4-3-13-10/h3-6,9,17H,12H2,1-2H3. The highest BCUT2D eigenvalue weighted by Gasteiger charge is 2.20. The summed E-state index contributed by atoms with van der Waals surface area (Å²) in [6.45, 7) is 1.87. The molecule has 0 aliphatic carbocycles. The monoisotopic (exact) mass is 246 g/mol. The second-order valence-electron chi connectivity index (χ2n) is 3.63. The summed E-state index contributed by atoms with van der Waals surface area (Å²) in [7, 11) is 1.53. The topological polar surface area (TPSA) is 98.8 Å². The molecule has 0 radical (unpaired) electrons. The van der Waals surface area contributed by atoms with Gasteiger partial charge in [-0.25, -0.2) is 10.4 Å². The number of nitrogens with two attached hydrogens (primary N) is 1. The van der Waals surface area contributed by atoms with Gasteiger partial charge in [-0.1, -0.05) is 0 Å². The summed E-state index contributed by atoms with van der Waals surface area (Å²) in [6, 6.07) is -0.415. The second-order valence-corrected chi connectivity index (χ2v) is 3.63. The number of aryl methyl sites for hydroxylation is 1. The molecule has 3 N–H and O–H groups in total. The van der Waals surface area contributed by atoms with Crippen LogP contribution in [0.3, 0.4) is 0 Å². The van der Waals surface area contributed by atoms with Crippen LogP contribution in [-0.2, 0) is 0 Å². The van der Waals surface area contributed by atoms with Crippen LogP contribution in [0.2, 0.25) is 0 Å². The van der Waals surface area contributed by atoms with Crippen LogP contribution in [0.1, 0.15) is 23.1 Å². The molecule has 2 aromatic rings. The van der Waals surface area contributed by atoms with Crippen molar-refractivity contribution in [3.8, 4) is 5.88 Å². The summed E-state index contributed by atoms with van der Waals surface area (Å²) in [4.78, 5) is 16.8. The molecular weight excluding hydrogens is 232 g/mol. The van der Waals surface area contributed by atoms with Crippen molar-refractivity contribution in [1.29, 1.82) is 0 Å². The molecule has 0 bridgehead atoms. The Balaban J connectivity index is 2.41. The normalized spacial score (nSPS) is 12.2. The highest BCUT2D eigenvalue weighted by atomic mass is 16.5. The van der Waals surface area contributed by atoms with Crippen molar-refractivity contribution in [3.63, 3.8) is 0 Å². The van der Waals surface area contributed by atoms with Gasteiger partial charge in [-0.15, -0.1) is 0 Å². The van der Waals surface area contributed by atoms with Gasteiger partial charge in [0.25, 0.3) is 0 Å². The largest absolute Gasteiger partial charge is 0.480 e. The van der Waals surface area contributed by atoms with Crippen molar-refractivity contribution < 1.29 is 4.74 Å². The van der Waals surface area contributed by atoms with Gasteiger partial charge in [-0.3, -0.25) is 20.8 Å². The lowest BCUT2D eigenvalue weighted by atomic mass is 10.1. The molecule has 2 rings (SSSR count). The van der Waals surface area contributed by atoms with Gasteiger partial charge in [0.05, 0.1) is 24.7 Å². The lowest BCUT2D eigenvalue weighted by Gasteiger charge is -2.16. The average molecular weight is 246 g/mol. The molecule has 7 heteroatoms. The summed E-state index contributed by atoms with van der Waals surface area (Å²) < 4.78 is 5.16. The fraction of sp³-hybridized carbons (Fsp3) is 0.273. The number of hydrogen-bond donors (Lipinski definition) is 2. The fourth-order valence-corrected chi connectivity index (χ4v) is 1.55. The molecule has 1 atom stereocenters. The van der Waals surface area contributed by atoms with Crippen LogP contribution in [0.25, 0.3) is 0 Å². The Morgan fingerprint density at radius 2 is 1.94 bits per heavy atom. The summed E-state index contributed by atoms with van der Waals surface area (Å²) in [5.74, 6) is 5.96. The Morgan fingerprint density at radius 3 is 2.56 bits per heavy atom. The molecule has 2 aromatic heterocycles. The summed E-state index contributed by atoms with van der Waals surface area (Å²) >= 11 is 0. The highest BCUT2D eigenvalue weighted by Crippen LogP contribution is 2.23. The zero-order valence-corrected chi connectivity index (χ0v) is 10.2. The fourth-order valence-electron chi connectivity index (χ4n) is 1.55. The van der Waals surface area contributed by atoms with Crippen LogP contribution in [0.5, 0.6) is 5.88 Å². The minimum absolute atomic E-state index is 0.405. The van der Waals surface area contributed by atoms with E-state index in [9.17, 15) is 0 Å². The molecule has 0 saturated heterocycles. The quantitative estimate of drug-likeness (QED) is 0.584. The van der Waals surface area contributed by atoms with Gasteiger partial charge in [-0.2, -0.15) is 0 Å². The highest BCUT2D eigenvalue weighted by molar-refractivity contribution is 5.28. The molecule has 0 fully saturated rings. The van der Waals surface area contributed by atoms with E-state index in [1.54, 1.807) is 24.8 Å². The molecule has 18 heavy (non-hydrogen) atoms. The lowest BCUT2D eigenvalue weighted by Crippen LogP contribution is -2.30. The van der Waals surface area contributed by atoms with Crippen molar-refractivity contribution in [2.24, 2.45) is 5.84 Å². The molecule has 0 spiro atoms. The lowest BCUT2D eigenvalue weighted by molar-refractivity contribution is 0.382. The molecule has 1 unspecified atom stereocenters. The van der Waals surface area contributed by atoms with Crippen molar-refractivity contribution in [1.82, 2.24) is 25.4 Å². The molecule has 2 heterocycles. The number of rotatable bonds is 4. The Morgan fingerprint density at radius 1 is 1.17 bits per heavy atom. The third-order valence-electron chi connectivity index (χ3n) is 2.42. The van der Waals surface area contributed by atoms with E-state index in [0.717, 1.165) is 5.69 Å². The SMILES string of the molecule is COc1nccnc1C(NN)c1cnc(C)cn1. The summed E-state index contributed by atoms with van der Waals surface area (Å²) in [5.41, 5.74) is 4.70. The number of hydrogen-bond acceptors (Lipinski definition) is 7. The number of hydrazine groups is 1. The van der Waals surface area contributed by atoms with E-state index in [-0.39, 0.29) is 0 Å². The van der Waals surface area contributed by atoms with Crippen molar-refractivity contribution in [2.75, 3.05) is 7.11 Å². The number of nitrogens with one attached hydrogen (secondary N) is 1. The van der Waals surface area contributed by atoms with Crippen LogP contribution in [0, 0.1) is 6.92 Å². The first kappa shape index (κ1) is 12.3. The molecule has 94 valence electrons. The summed E-state index contributed by atoms with van der Waals surface area (Å²) in [6.07, 6.45) is 6.44. The molecule has 0 aliphatic rings. The van der Waals surface area contributed by atoms with Crippen LogP contribution in [0.15, 0.2) is 24.8 Å². The van der Waals surface area contributed by atoms with Crippen LogP contribution < -0.4 is 16.0 Å². The molecular formula is C11H14N6O. The smallest absolute Gasteiger partial charge is 0.237 e. The van der Waals surface area contributed by atoms with Crippen molar-refractivity contribution in [3.05, 3.63) is 41.9 Å². The third-order valence-corrected chi connectivity index (χ3v) is 2.42. The Hall–Kier alpha value is -2.12. The first-order chi connectivity index (χ1) is 8.76. The predicted octanol–water partition coefficient (Wildman–Crippen LogP) is 0.136. The van der Waals surface area contributed by atoms with Crippen LogP contribution in [-0.4, -0.2) is 27.0 Å². The summed E-state index contributed by atoms with van der Waals surface area (Å²) in [5, 5.41) is 0. The van der Waals surface area contributed by atoms with E-state index < -0.39 is 6.04 Å². The van der Waals surface area contributed by atoms with E-state index in [1.807, 2.05) is 6.92 Å². The number of ether oxygens (including phenoxy) is 1. The minimum atomic E-state index is -0.415. The van der Waals surface area contributed by atoms with Gasteiger partial charge >= 0.3 is 0 Å². The first-order valence-corrected chi connectivity index (χ1v) is 5.35. The maximum atomic E-state index is 5.56. The van der Waals surface area contributed by atoms with E-state index in [1.165, 1.54) is 7.11 Å². The molecule has 0 saturated carbocycles. The average Bonchev–Trinajstić information content (AvgIpc) is 2.42. The van der Waals surface area contributed by atoms with Gasteiger partial charge in [0.15, 0.2) is 0 Å². The number of aromatic nitrogens is 4.